The van der Waals surface area contributed by atoms with E-state index in [1.807, 2.05) is 6.07 Å². The first-order valence-corrected chi connectivity index (χ1v) is 18.3. The maximum Gasteiger partial charge on any atom is 0.161 e. The second-order valence-electron chi connectivity index (χ2n) is 14.5. The van der Waals surface area contributed by atoms with Gasteiger partial charge < -0.3 is 0 Å². The van der Waals surface area contributed by atoms with Crippen molar-refractivity contribution >= 4 is 21.5 Å². The lowest BCUT2D eigenvalue weighted by molar-refractivity contribution is 0.661. The van der Waals surface area contributed by atoms with Crippen LogP contribution in [0.1, 0.15) is 25.0 Å². The Morgan fingerprint density at radius 3 is 1.60 bits per heavy atom. The lowest BCUT2D eigenvalue weighted by Crippen LogP contribution is -2.14. The number of fused-ring (bicyclic) bond motifs is 6. The quantitative estimate of drug-likeness (QED) is 0.181. The molecule has 2 nitrogen and oxygen atoms in total. The third-order valence-electron chi connectivity index (χ3n) is 11.1. The molecule has 0 amide bonds. The minimum absolute atomic E-state index is 0.109. The largest absolute Gasteiger partial charge is 0.228 e. The molecule has 1 aliphatic rings. The molecule has 1 heterocycles. The molecule has 53 heavy (non-hydrogen) atoms. The summed E-state index contributed by atoms with van der Waals surface area (Å²) in [5.41, 5.74) is 15.1. The molecular formula is C51H36N2. The highest BCUT2D eigenvalue weighted by Gasteiger charge is 2.38. The van der Waals surface area contributed by atoms with Gasteiger partial charge in [-0.1, -0.05) is 184 Å². The number of nitrogens with zero attached hydrogens (tertiary/aromatic N) is 2. The van der Waals surface area contributed by atoms with E-state index in [0.29, 0.717) is 5.82 Å². The molecule has 0 aliphatic heterocycles. The van der Waals surface area contributed by atoms with Crippen LogP contribution in [0.4, 0.5) is 0 Å². The summed E-state index contributed by atoms with van der Waals surface area (Å²) in [5.74, 6) is 0.715. The number of benzene rings is 8. The first kappa shape index (κ1) is 31.1. The molecule has 0 unspecified atom stereocenters. The normalized spacial score (nSPS) is 12.9. The maximum atomic E-state index is 5.28. The monoisotopic (exact) mass is 676 g/mol. The Kier molecular flexibility index (Phi) is 7.19. The van der Waals surface area contributed by atoms with Crippen LogP contribution < -0.4 is 0 Å². The molecule has 10 rings (SSSR count). The second-order valence-corrected chi connectivity index (χ2v) is 14.5. The SMILES string of the molecule is CC1(C)c2cccc(-c3ccc(-c4nc(-c5ccccc5)cc(-c5ccc(-c6ccccc6)cc5)n4)c4ccccc34)c2-c2c1ccc1ccccc21. The first-order chi connectivity index (χ1) is 26.0. The summed E-state index contributed by atoms with van der Waals surface area (Å²) in [6.45, 7) is 4.72. The van der Waals surface area contributed by atoms with Crippen molar-refractivity contribution in [1.29, 1.82) is 0 Å². The fraction of sp³-hybridized carbons (Fsp3) is 0.0588. The smallest absolute Gasteiger partial charge is 0.161 e. The Bertz CT molecular complexity index is 2830. The molecule has 0 radical (unpaired) electrons. The molecule has 9 aromatic rings. The van der Waals surface area contributed by atoms with Gasteiger partial charge in [-0.05, 0) is 78.2 Å². The Labute approximate surface area is 310 Å². The van der Waals surface area contributed by atoms with E-state index >= 15 is 0 Å². The van der Waals surface area contributed by atoms with E-state index in [-0.39, 0.29) is 5.41 Å². The van der Waals surface area contributed by atoms with Crippen LogP contribution in [0.3, 0.4) is 0 Å². The first-order valence-electron chi connectivity index (χ1n) is 18.3. The lowest BCUT2D eigenvalue weighted by Gasteiger charge is -2.22. The minimum atomic E-state index is -0.109. The molecule has 0 atom stereocenters. The zero-order valence-electron chi connectivity index (χ0n) is 29.7. The van der Waals surface area contributed by atoms with Crippen molar-refractivity contribution in [2.24, 2.45) is 0 Å². The average molecular weight is 677 g/mol. The minimum Gasteiger partial charge on any atom is -0.228 e. The Balaban J connectivity index is 1.16. The molecule has 1 aromatic heterocycles. The van der Waals surface area contributed by atoms with Gasteiger partial charge in [-0.2, -0.15) is 0 Å². The summed E-state index contributed by atoms with van der Waals surface area (Å²) in [7, 11) is 0. The zero-order valence-corrected chi connectivity index (χ0v) is 29.7. The van der Waals surface area contributed by atoms with Gasteiger partial charge in [0.05, 0.1) is 11.4 Å². The summed E-state index contributed by atoms with van der Waals surface area (Å²) in [5, 5.41) is 4.90. The van der Waals surface area contributed by atoms with E-state index in [9.17, 15) is 0 Å². The Morgan fingerprint density at radius 2 is 0.887 bits per heavy atom. The highest BCUT2D eigenvalue weighted by Crippen LogP contribution is 2.55. The summed E-state index contributed by atoms with van der Waals surface area (Å²) >= 11 is 0. The molecule has 0 saturated heterocycles. The molecule has 250 valence electrons. The van der Waals surface area contributed by atoms with Crippen molar-refractivity contribution in [2.75, 3.05) is 0 Å². The van der Waals surface area contributed by atoms with Gasteiger partial charge in [-0.15, -0.1) is 0 Å². The van der Waals surface area contributed by atoms with E-state index < -0.39 is 0 Å². The van der Waals surface area contributed by atoms with Gasteiger partial charge in [0, 0.05) is 22.1 Å². The molecule has 1 aliphatic carbocycles. The van der Waals surface area contributed by atoms with Crippen molar-refractivity contribution in [3.05, 3.63) is 193 Å². The van der Waals surface area contributed by atoms with E-state index in [4.69, 9.17) is 9.97 Å². The summed E-state index contributed by atoms with van der Waals surface area (Å²) < 4.78 is 0. The molecule has 0 fully saturated rings. The van der Waals surface area contributed by atoms with Crippen LogP contribution in [0, 0.1) is 0 Å². The fourth-order valence-electron chi connectivity index (χ4n) is 8.44. The van der Waals surface area contributed by atoms with Crippen LogP contribution in [-0.2, 0) is 5.41 Å². The van der Waals surface area contributed by atoms with E-state index in [1.165, 1.54) is 60.7 Å². The van der Waals surface area contributed by atoms with Crippen molar-refractivity contribution < 1.29 is 0 Å². The summed E-state index contributed by atoms with van der Waals surface area (Å²) in [4.78, 5) is 10.5. The average Bonchev–Trinajstić information content (AvgIpc) is 3.47. The number of rotatable bonds is 5. The molecule has 0 saturated carbocycles. The van der Waals surface area contributed by atoms with Crippen LogP contribution in [-0.4, -0.2) is 9.97 Å². The predicted octanol–water partition coefficient (Wildman–Crippen LogP) is 13.4. The fourth-order valence-corrected chi connectivity index (χ4v) is 8.44. The van der Waals surface area contributed by atoms with Crippen LogP contribution in [0.25, 0.3) is 88.8 Å². The van der Waals surface area contributed by atoms with Gasteiger partial charge in [0.2, 0.25) is 0 Å². The number of aromatic nitrogens is 2. The van der Waals surface area contributed by atoms with Gasteiger partial charge in [0.25, 0.3) is 0 Å². The molecule has 0 bridgehead atoms. The van der Waals surface area contributed by atoms with Gasteiger partial charge in [-0.3, -0.25) is 0 Å². The highest BCUT2D eigenvalue weighted by atomic mass is 14.9. The van der Waals surface area contributed by atoms with E-state index in [1.54, 1.807) is 0 Å². The van der Waals surface area contributed by atoms with Crippen molar-refractivity contribution in [2.45, 2.75) is 19.3 Å². The highest BCUT2D eigenvalue weighted by molar-refractivity contribution is 6.11. The van der Waals surface area contributed by atoms with Gasteiger partial charge >= 0.3 is 0 Å². The third kappa shape index (κ3) is 5.10. The van der Waals surface area contributed by atoms with Crippen LogP contribution in [0.2, 0.25) is 0 Å². The Morgan fingerprint density at radius 1 is 0.358 bits per heavy atom. The number of hydrogen-bond acceptors (Lipinski definition) is 2. The van der Waals surface area contributed by atoms with Crippen LogP contribution >= 0.6 is 0 Å². The second kappa shape index (κ2) is 12.3. The summed E-state index contributed by atoms with van der Waals surface area (Å²) in [6.07, 6.45) is 0. The van der Waals surface area contributed by atoms with Crippen molar-refractivity contribution in [3.63, 3.8) is 0 Å². The lowest BCUT2D eigenvalue weighted by atomic mass is 9.81. The molecule has 2 heteroatoms. The maximum absolute atomic E-state index is 5.28. The van der Waals surface area contributed by atoms with Crippen LogP contribution in [0.5, 0.6) is 0 Å². The summed E-state index contributed by atoms with van der Waals surface area (Å²) in [6, 6.07) is 65.3. The van der Waals surface area contributed by atoms with E-state index in [2.05, 4.69) is 190 Å². The molecule has 0 N–H and O–H groups in total. The van der Waals surface area contributed by atoms with Crippen molar-refractivity contribution in [1.82, 2.24) is 9.97 Å². The van der Waals surface area contributed by atoms with Crippen LogP contribution in [0.15, 0.2) is 182 Å². The molecule has 8 aromatic carbocycles. The predicted molar refractivity (Wildman–Crippen MR) is 222 cm³/mol. The topological polar surface area (TPSA) is 25.8 Å². The van der Waals surface area contributed by atoms with Gasteiger partial charge in [0.1, 0.15) is 0 Å². The molecule has 0 spiro atoms. The van der Waals surface area contributed by atoms with E-state index in [0.717, 1.165) is 33.5 Å². The Hall–Kier alpha value is -6.64. The zero-order chi connectivity index (χ0) is 35.5. The third-order valence-corrected chi connectivity index (χ3v) is 11.1. The molecular weight excluding hydrogens is 641 g/mol. The van der Waals surface area contributed by atoms with Crippen molar-refractivity contribution in [3.8, 4) is 67.3 Å². The number of hydrogen-bond donors (Lipinski definition) is 0. The standard InChI is InChI=1S/C51H36N2/c1-51(2)44-23-13-22-42(49(44)48-38-19-10-9-16-35(38)28-31-45(48)51)41-29-30-43(40-21-12-11-20-39(40)41)50-52-46(36-17-7-4-8-18-36)32-47(53-50)37-26-24-34(25-27-37)33-14-5-3-6-15-33/h3-32H,1-2H3. The van der Waals surface area contributed by atoms with Gasteiger partial charge in [0.15, 0.2) is 5.82 Å². The van der Waals surface area contributed by atoms with Gasteiger partial charge in [-0.25, -0.2) is 9.97 Å².